The molecule has 1 heterocycles. The Balaban J connectivity index is 0.00000242. The van der Waals surface area contributed by atoms with Crippen LogP contribution >= 0.6 is 11.8 Å². The van der Waals surface area contributed by atoms with Crippen LogP contribution < -0.4 is 0 Å². The van der Waals surface area contributed by atoms with Gasteiger partial charge in [-0.05, 0) is 0 Å². The van der Waals surface area contributed by atoms with Gasteiger partial charge in [-0.25, -0.2) is 0 Å². The normalized spacial score (nSPS) is 27.6. The molecular weight excluding hydrogens is 547 g/mol. The molecule has 2 amide bonds. The minimum atomic E-state index is -0.353. The maximum absolute atomic E-state index is 12.2. The van der Waals surface area contributed by atoms with Crippen LogP contribution in [0, 0.1) is 25.3 Å². The van der Waals surface area contributed by atoms with Crippen molar-refractivity contribution in [3.05, 3.63) is 36.8 Å². The molecule has 2 atom stereocenters. The molecule has 1 saturated carbocycles. The topological polar surface area (TPSA) is 46.6 Å². The van der Waals surface area contributed by atoms with E-state index in [-0.39, 0.29) is 55.0 Å². The minimum absolute atomic E-state index is 0. The van der Waals surface area contributed by atoms with Crippen molar-refractivity contribution in [3.63, 3.8) is 0 Å². The fraction of sp³-hybridized carbons (Fsp3) is 0.400. The molecule has 1 aliphatic carbocycles. The number of imide groups is 1. The molecule has 2 fully saturated rings. The van der Waals surface area contributed by atoms with Gasteiger partial charge in [-0.1, -0.05) is 0 Å². The zero-order valence-electron chi connectivity index (χ0n) is 12.4. The quantitative estimate of drug-likeness (QED) is 0.300. The van der Waals surface area contributed by atoms with Crippen LogP contribution in [-0.4, -0.2) is 39.4 Å². The molecular formula is C15H16NO3SWY-3. The van der Waals surface area contributed by atoms with Crippen LogP contribution in [0.4, 0.5) is 4.79 Å². The first-order valence-electron chi connectivity index (χ1n) is 6.50. The van der Waals surface area contributed by atoms with Gasteiger partial charge in [0.1, 0.15) is 0 Å². The molecule has 0 aromatic heterocycles. The van der Waals surface area contributed by atoms with Gasteiger partial charge >= 0.3 is 140 Å². The summed E-state index contributed by atoms with van der Waals surface area (Å²) in [5.74, 6) is 0.215. The van der Waals surface area contributed by atoms with Gasteiger partial charge in [-0.2, -0.15) is 0 Å². The Morgan fingerprint density at radius 2 is 2.23 bits per heavy atom. The number of allylic oxidation sites excluding steroid dienone is 2. The number of nitrogens with zero attached hydrogens (tertiary/aromatic N) is 1. The van der Waals surface area contributed by atoms with Gasteiger partial charge < -0.3 is 0 Å². The first-order valence-corrected chi connectivity index (χ1v) is 8.84. The molecule has 0 bridgehead atoms. The summed E-state index contributed by atoms with van der Waals surface area (Å²) in [6.45, 7) is 5.74. The number of carbonyl (C=O) groups excluding carboxylic acids is 2. The summed E-state index contributed by atoms with van der Waals surface area (Å²) in [6, 6.07) is 0. The van der Waals surface area contributed by atoms with Crippen LogP contribution in [0.15, 0.2) is 17.4 Å². The van der Waals surface area contributed by atoms with Crippen LogP contribution in [0.3, 0.4) is 0 Å². The second-order valence-corrected chi connectivity index (χ2v) is 7.50. The molecule has 2 unspecified atom stereocenters. The van der Waals surface area contributed by atoms with Crippen LogP contribution in [0.5, 0.6) is 0 Å². The molecule has 1 saturated heterocycles. The summed E-state index contributed by atoms with van der Waals surface area (Å²) in [5, 5.41) is -0.531. The predicted molar refractivity (Wildman–Crippen MR) is 78.8 cm³/mol. The van der Waals surface area contributed by atoms with Crippen molar-refractivity contribution in [2.75, 3.05) is 14.2 Å². The van der Waals surface area contributed by atoms with Crippen LogP contribution in [0.2, 0.25) is 0 Å². The van der Waals surface area contributed by atoms with Crippen LogP contribution in [0.1, 0.15) is 12.8 Å². The van der Waals surface area contributed by atoms with Crippen LogP contribution in [-0.2, 0) is 61.6 Å². The third-order valence-corrected chi connectivity index (χ3v) is 6.64. The van der Waals surface area contributed by atoms with E-state index < -0.39 is 0 Å². The maximum atomic E-state index is 12.2. The average molecular weight is 563 g/mol. The van der Waals surface area contributed by atoms with Gasteiger partial charge in [-0.15, -0.1) is 0 Å². The Morgan fingerprint density at radius 3 is 2.77 bits per heavy atom. The van der Waals surface area contributed by atoms with E-state index in [0.717, 1.165) is 34.1 Å². The predicted octanol–water partition coefficient (Wildman–Crippen LogP) is 2.11. The second kappa shape index (κ2) is 9.06. The Morgan fingerprint density at radius 1 is 1.55 bits per heavy atom. The van der Waals surface area contributed by atoms with E-state index >= 15 is 0 Å². The molecule has 4 nitrogen and oxygen atoms in total. The molecule has 0 spiro atoms. The van der Waals surface area contributed by atoms with E-state index in [1.807, 2.05) is 6.08 Å². The maximum Gasteiger partial charge on any atom is 0 e. The van der Waals surface area contributed by atoms with Crippen LogP contribution in [0.25, 0.3) is 0 Å². The largest absolute Gasteiger partial charge is 0 e. The summed E-state index contributed by atoms with van der Waals surface area (Å²) in [4.78, 5) is 25.2. The number of ether oxygens (including phenoxy) is 1. The van der Waals surface area contributed by atoms with Crippen molar-refractivity contribution in [2.24, 2.45) is 5.92 Å². The van der Waals surface area contributed by atoms with E-state index in [1.165, 1.54) is 38.4 Å². The number of carbonyl (C=O) groups is 2. The number of hydrogen-bond donors (Lipinski definition) is 0. The summed E-state index contributed by atoms with van der Waals surface area (Å²) >= 11 is 2.40. The van der Waals surface area contributed by atoms with Crippen molar-refractivity contribution in [2.45, 2.75) is 18.1 Å². The minimum Gasteiger partial charge on any atom is 0 e. The molecule has 22 heavy (non-hydrogen) atoms. The molecule has 1 radical (unpaired) electrons. The standard InChI is InChI=1S/C15H16NO3S.W.Y/c1-10(19-3)8-11-6-4-5-7-12(9-11)13-14(17)16(2)15(18)20-13;;/h1,4,7-8,12-13H,5-6H2,2-3H3;;/q-3;;/b11-8-;;. The van der Waals surface area contributed by atoms with E-state index in [0.29, 0.717) is 5.76 Å². The number of rotatable bonds is 3. The van der Waals surface area contributed by atoms with Crippen molar-refractivity contribution >= 4 is 26.8 Å². The Bertz CT molecular complexity index is 535. The van der Waals surface area contributed by atoms with E-state index in [2.05, 4.69) is 12.8 Å². The molecule has 0 aromatic rings. The molecule has 0 aromatic carbocycles. The Kier molecular flexibility index (Phi) is 8.43. The summed E-state index contributed by atoms with van der Waals surface area (Å²) in [7, 11) is 3.07. The van der Waals surface area contributed by atoms with Crippen molar-refractivity contribution < 1.29 is 66.4 Å². The van der Waals surface area contributed by atoms with Gasteiger partial charge in [0.05, 0.1) is 0 Å². The fourth-order valence-electron chi connectivity index (χ4n) is 2.27. The molecule has 1 aliphatic heterocycles. The monoisotopic (exact) mass is 563 g/mol. The Hall–Kier alpha value is 0.432. The van der Waals surface area contributed by atoms with Gasteiger partial charge in [0.15, 0.2) is 0 Å². The van der Waals surface area contributed by atoms with Crippen molar-refractivity contribution in [1.29, 1.82) is 0 Å². The van der Waals surface area contributed by atoms with Crippen molar-refractivity contribution in [3.8, 4) is 0 Å². The number of methoxy groups -OCH3 is 1. The molecule has 2 rings (SSSR count). The number of amides is 2. The molecule has 7 heteroatoms. The van der Waals surface area contributed by atoms with Gasteiger partial charge in [0.2, 0.25) is 0 Å². The average Bonchev–Trinajstić information content (AvgIpc) is 2.64. The van der Waals surface area contributed by atoms with Gasteiger partial charge in [0.25, 0.3) is 0 Å². The third kappa shape index (κ3) is 4.49. The van der Waals surface area contributed by atoms with Gasteiger partial charge in [0, 0.05) is 32.7 Å². The SMILES string of the molecule is [CH-]=C(/C=C1/C[CH-]C[CH-]C(C2SC(=O)N(C)C2=O)[C]1=[W])OC.[Y]. The Labute approximate surface area is 171 Å². The first kappa shape index (κ1) is 20.5. The van der Waals surface area contributed by atoms with E-state index in [1.54, 1.807) is 0 Å². The summed E-state index contributed by atoms with van der Waals surface area (Å²) in [6.07, 6.45) is 7.70. The summed E-state index contributed by atoms with van der Waals surface area (Å²) in [5.41, 5.74) is 1.08. The molecule has 2 aliphatic rings. The zero-order valence-corrected chi connectivity index (χ0v) is 19.0. The zero-order chi connectivity index (χ0) is 15.6. The summed E-state index contributed by atoms with van der Waals surface area (Å²) < 4.78 is 6.16. The van der Waals surface area contributed by atoms with Crippen molar-refractivity contribution in [1.82, 2.24) is 4.90 Å². The molecule has 117 valence electrons. The third-order valence-electron chi connectivity index (χ3n) is 3.49. The second-order valence-electron chi connectivity index (χ2n) is 4.83. The van der Waals surface area contributed by atoms with Gasteiger partial charge in [-0.3, -0.25) is 0 Å². The molecule has 0 N–H and O–H groups in total. The number of thioether (sulfide) groups is 1. The van der Waals surface area contributed by atoms with E-state index in [4.69, 9.17) is 11.3 Å². The van der Waals surface area contributed by atoms with E-state index in [9.17, 15) is 9.59 Å². The number of hydrogen-bond acceptors (Lipinski definition) is 4. The fourth-order valence-corrected chi connectivity index (χ4v) is 5.08. The smallest absolute Gasteiger partial charge is 0 e. The first-order chi connectivity index (χ1) is 9.95.